The number of carbonyl (C=O) groups excluding carboxylic acids is 1. The van der Waals surface area contributed by atoms with E-state index in [0.29, 0.717) is 13.0 Å². The van der Waals surface area contributed by atoms with Gasteiger partial charge in [-0.3, -0.25) is 4.90 Å². The predicted molar refractivity (Wildman–Crippen MR) is 81.7 cm³/mol. The highest BCUT2D eigenvalue weighted by Crippen LogP contribution is 2.31. The lowest BCUT2D eigenvalue weighted by molar-refractivity contribution is -0.147. The van der Waals surface area contributed by atoms with Crippen LogP contribution in [-0.4, -0.2) is 41.1 Å². The lowest BCUT2D eigenvalue weighted by Gasteiger charge is -2.34. The number of carboxylic acids is 1. The smallest absolute Gasteiger partial charge is 0.329 e. The zero-order valence-electron chi connectivity index (χ0n) is 13.0. The number of likely N-dealkylation sites (tertiary alicyclic amines) is 1. The van der Waals surface area contributed by atoms with Gasteiger partial charge < -0.3 is 10.0 Å². The number of nitrogens with zero attached hydrogens (tertiary/aromatic N) is 2. The van der Waals surface area contributed by atoms with Gasteiger partial charge in [0.1, 0.15) is 5.54 Å². The number of aliphatic carboxylic acids is 1. The standard InChI is InChI=1S/C16H22N2O3/c1-11-8-12(2)10-13(9-11)17(4)15(21)18-7-5-6-16(18,3)14(19)20/h8-10H,5-7H2,1-4H3,(H,19,20). The monoisotopic (exact) mass is 290 g/mol. The molecule has 1 aromatic rings. The number of hydrogen-bond acceptors (Lipinski definition) is 2. The molecule has 0 aliphatic carbocycles. The Labute approximate surface area is 125 Å². The molecule has 1 aromatic carbocycles. The van der Waals surface area contributed by atoms with E-state index < -0.39 is 11.5 Å². The van der Waals surface area contributed by atoms with E-state index in [1.54, 1.807) is 14.0 Å². The van der Waals surface area contributed by atoms with Crippen molar-refractivity contribution >= 4 is 17.7 Å². The van der Waals surface area contributed by atoms with Crippen LogP contribution in [0.25, 0.3) is 0 Å². The van der Waals surface area contributed by atoms with Crippen molar-refractivity contribution < 1.29 is 14.7 Å². The number of benzene rings is 1. The summed E-state index contributed by atoms with van der Waals surface area (Å²) in [5.41, 5.74) is 1.83. The van der Waals surface area contributed by atoms with Gasteiger partial charge in [-0.25, -0.2) is 9.59 Å². The molecule has 0 aromatic heterocycles. The molecule has 2 rings (SSSR count). The van der Waals surface area contributed by atoms with E-state index in [2.05, 4.69) is 0 Å². The summed E-state index contributed by atoms with van der Waals surface area (Å²) >= 11 is 0. The summed E-state index contributed by atoms with van der Waals surface area (Å²) < 4.78 is 0. The molecule has 21 heavy (non-hydrogen) atoms. The van der Waals surface area contributed by atoms with Crippen molar-refractivity contribution in [3.8, 4) is 0 Å². The maximum atomic E-state index is 12.7. The van der Waals surface area contributed by atoms with Crippen LogP contribution in [0.3, 0.4) is 0 Å². The fourth-order valence-corrected chi connectivity index (χ4v) is 2.93. The van der Waals surface area contributed by atoms with Crippen LogP contribution < -0.4 is 4.90 Å². The minimum atomic E-state index is -1.11. The highest BCUT2D eigenvalue weighted by molar-refractivity contribution is 5.95. The number of rotatable bonds is 2. The molecule has 1 saturated heterocycles. The zero-order chi connectivity index (χ0) is 15.8. The maximum Gasteiger partial charge on any atom is 0.329 e. The van der Waals surface area contributed by atoms with Crippen LogP contribution in [0.1, 0.15) is 30.9 Å². The number of carbonyl (C=O) groups is 2. The Morgan fingerprint density at radius 3 is 2.33 bits per heavy atom. The summed E-state index contributed by atoms with van der Waals surface area (Å²) in [5.74, 6) is -0.942. The lowest BCUT2D eigenvalue weighted by Crippen LogP contribution is -2.54. The van der Waals surface area contributed by atoms with Crippen molar-refractivity contribution in [1.82, 2.24) is 4.90 Å². The predicted octanol–water partition coefficient (Wildman–Crippen LogP) is 2.80. The summed E-state index contributed by atoms with van der Waals surface area (Å²) in [4.78, 5) is 27.2. The molecular weight excluding hydrogens is 268 g/mol. The van der Waals surface area contributed by atoms with Crippen molar-refractivity contribution in [2.24, 2.45) is 0 Å². The minimum absolute atomic E-state index is 0.262. The number of carboxylic acid groups (broad SMARTS) is 1. The second-order valence-corrected chi connectivity index (χ2v) is 6.02. The average Bonchev–Trinajstić information content (AvgIpc) is 2.79. The minimum Gasteiger partial charge on any atom is -0.480 e. The van der Waals surface area contributed by atoms with Gasteiger partial charge in [0.25, 0.3) is 0 Å². The second-order valence-electron chi connectivity index (χ2n) is 6.02. The number of amides is 2. The Kier molecular flexibility index (Phi) is 3.94. The largest absolute Gasteiger partial charge is 0.480 e. The van der Waals surface area contributed by atoms with Gasteiger partial charge in [-0.1, -0.05) is 6.07 Å². The van der Waals surface area contributed by atoms with E-state index in [4.69, 9.17) is 0 Å². The second kappa shape index (κ2) is 5.39. The van der Waals surface area contributed by atoms with Gasteiger partial charge in [0, 0.05) is 19.3 Å². The van der Waals surface area contributed by atoms with Crippen LogP contribution in [0.5, 0.6) is 0 Å². The van der Waals surface area contributed by atoms with Gasteiger partial charge in [-0.05, 0) is 56.9 Å². The Bertz CT molecular complexity index is 565. The first-order valence-corrected chi connectivity index (χ1v) is 7.13. The van der Waals surface area contributed by atoms with Crippen LogP contribution in [0.2, 0.25) is 0 Å². The molecule has 1 aliphatic heterocycles. The molecule has 1 heterocycles. The zero-order valence-corrected chi connectivity index (χ0v) is 13.0. The van der Waals surface area contributed by atoms with E-state index in [9.17, 15) is 14.7 Å². The molecule has 0 radical (unpaired) electrons. The SMILES string of the molecule is Cc1cc(C)cc(N(C)C(=O)N2CCCC2(C)C(=O)O)c1. The average molecular weight is 290 g/mol. The molecular formula is C16H22N2O3. The summed E-state index contributed by atoms with van der Waals surface area (Å²) in [7, 11) is 1.69. The van der Waals surface area contributed by atoms with Gasteiger partial charge in [0.2, 0.25) is 0 Å². The van der Waals surface area contributed by atoms with Crippen molar-refractivity contribution in [3.63, 3.8) is 0 Å². The molecule has 5 heteroatoms. The van der Waals surface area contributed by atoms with E-state index in [1.807, 2.05) is 32.0 Å². The topological polar surface area (TPSA) is 60.9 Å². The highest BCUT2D eigenvalue weighted by atomic mass is 16.4. The van der Waals surface area contributed by atoms with Crippen LogP contribution >= 0.6 is 0 Å². The third-order valence-corrected chi connectivity index (χ3v) is 4.21. The molecule has 1 unspecified atom stereocenters. The normalized spacial score (nSPS) is 21.4. The summed E-state index contributed by atoms with van der Waals surface area (Å²) in [6.07, 6.45) is 1.21. The Hall–Kier alpha value is -2.04. The fourth-order valence-electron chi connectivity index (χ4n) is 2.93. The first-order chi connectivity index (χ1) is 9.75. The van der Waals surface area contributed by atoms with Gasteiger partial charge in [0.05, 0.1) is 0 Å². The first kappa shape index (κ1) is 15.4. The Morgan fingerprint density at radius 2 is 1.81 bits per heavy atom. The molecule has 5 nitrogen and oxygen atoms in total. The molecule has 114 valence electrons. The maximum absolute atomic E-state index is 12.7. The molecule has 1 N–H and O–H groups in total. The third kappa shape index (κ3) is 2.73. The van der Waals surface area contributed by atoms with Crippen molar-refractivity contribution in [1.29, 1.82) is 0 Å². The number of aryl methyl sites for hydroxylation is 2. The van der Waals surface area contributed by atoms with Crippen LogP contribution in [0.4, 0.5) is 10.5 Å². The summed E-state index contributed by atoms with van der Waals surface area (Å²) in [6, 6.07) is 5.64. The van der Waals surface area contributed by atoms with Gasteiger partial charge >= 0.3 is 12.0 Å². The molecule has 1 atom stereocenters. The van der Waals surface area contributed by atoms with E-state index in [1.165, 1.54) is 9.80 Å². The van der Waals surface area contributed by atoms with Gasteiger partial charge in [-0.2, -0.15) is 0 Å². The number of urea groups is 1. The number of anilines is 1. The Balaban J connectivity index is 2.29. The summed E-state index contributed by atoms with van der Waals surface area (Å²) in [6.45, 7) is 6.06. The number of hydrogen-bond donors (Lipinski definition) is 1. The van der Waals surface area contributed by atoms with Crippen LogP contribution in [0, 0.1) is 13.8 Å². The lowest BCUT2D eigenvalue weighted by atomic mass is 9.99. The Morgan fingerprint density at radius 1 is 1.24 bits per heavy atom. The van der Waals surface area contributed by atoms with Gasteiger partial charge in [-0.15, -0.1) is 0 Å². The molecule has 0 saturated carbocycles. The van der Waals surface area contributed by atoms with Crippen molar-refractivity contribution in [3.05, 3.63) is 29.3 Å². The van der Waals surface area contributed by atoms with Crippen molar-refractivity contribution in [2.75, 3.05) is 18.5 Å². The highest BCUT2D eigenvalue weighted by Gasteiger charge is 2.46. The van der Waals surface area contributed by atoms with Crippen LogP contribution in [0.15, 0.2) is 18.2 Å². The fraction of sp³-hybridized carbons (Fsp3) is 0.500. The molecule has 0 bridgehead atoms. The molecule has 2 amide bonds. The van der Waals surface area contributed by atoms with Gasteiger partial charge in [0.15, 0.2) is 0 Å². The first-order valence-electron chi connectivity index (χ1n) is 7.13. The van der Waals surface area contributed by atoms with Crippen molar-refractivity contribution in [2.45, 2.75) is 39.2 Å². The molecule has 1 fully saturated rings. The van der Waals surface area contributed by atoms with E-state index >= 15 is 0 Å². The van der Waals surface area contributed by atoms with Crippen LogP contribution in [-0.2, 0) is 4.79 Å². The van der Waals surface area contributed by atoms with E-state index in [-0.39, 0.29) is 6.03 Å². The molecule has 0 spiro atoms. The summed E-state index contributed by atoms with van der Waals surface area (Å²) in [5, 5.41) is 9.42. The molecule has 1 aliphatic rings. The third-order valence-electron chi connectivity index (χ3n) is 4.21. The van der Waals surface area contributed by atoms with E-state index in [0.717, 1.165) is 23.2 Å². The quantitative estimate of drug-likeness (QED) is 0.911.